The molecular formula is C21H20FNO6. The maximum atomic E-state index is 12.8. The van der Waals surface area contributed by atoms with Gasteiger partial charge in [0.25, 0.3) is 5.91 Å². The molecule has 0 fully saturated rings. The number of fused-ring (bicyclic) bond motifs is 1. The first-order chi connectivity index (χ1) is 14.0. The Labute approximate surface area is 167 Å². The zero-order valence-corrected chi connectivity index (χ0v) is 15.8. The third-order valence-electron chi connectivity index (χ3n) is 4.01. The van der Waals surface area contributed by atoms with Crippen molar-refractivity contribution in [1.82, 2.24) is 5.32 Å². The monoisotopic (exact) mass is 401 g/mol. The van der Waals surface area contributed by atoms with Crippen molar-refractivity contribution in [2.24, 2.45) is 0 Å². The van der Waals surface area contributed by atoms with Gasteiger partial charge in [0.15, 0.2) is 18.1 Å². The van der Waals surface area contributed by atoms with Gasteiger partial charge in [0.1, 0.15) is 19.0 Å². The summed E-state index contributed by atoms with van der Waals surface area (Å²) >= 11 is 0. The van der Waals surface area contributed by atoms with E-state index in [1.165, 1.54) is 31.4 Å². The number of carbonyl (C=O) groups is 2. The number of hydrogen-bond acceptors (Lipinski definition) is 6. The molecule has 1 heterocycles. The van der Waals surface area contributed by atoms with Gasteiger partial charge in [-0.3, -0.25) is 4.79 Å². The molecule has 0 radical (unpaired) electrons. The van der Waals surface area contributed by atoms with E-state index in [2.05, 4.69) is 5.32 Å². The van der Waals surface area contributed by atoms with Crippen molar-refractivity contribution in [2.75, 3.05) is 26.9 Å². The van der Waals surface area contributed by atoms with Crippen molar-refractivity contribution in [2.45, 2.75) is 6.54 Å². The van der Waals surface area contributed by atoms with Crippen LogP contribution in [0.15, 0.2) is 42.5 Å². The fourth-order valence-electron chi connectivity index (χ4n) is 2.59. The van der Waals surface area contributed by atoms with Crippen molar-refractivity contribution in [1.29, 1.82) is 0 Å². The smallest absolute Gasteiger partial charge is 0.331 e. The summed E-state index contributed by atoms with van der Waals surface area (Å²) < 4.78 is 34.1. The van der Waals surface area contributed by atoms with E-state index < -0.39 is 18.5 Å². The number of benzene rings is 2. The number of ether oxygens (including phenoxy) is 4. The van der Waals surface area contributed by atoms with Crippen molar-refractivity contribution in [3.8, 4) is 17.2 Å². The summed E-state index contributed by atoms with van der Waals surface area (Å²) in [5, 5.41) is 2.59. The van der Waals surface area contributed by atoms with Gasteiger partial charge in [-0.05, 0) is 41.5 Å². The van der Waals surface area contributed by atoms with Gasteiger partial charge in [0, 0.05) is 12.6 Å². The molecule has 3 rings (SSSR count). The summed E-state index contributed by atoms with van der Waals surface area (Å²) in [6, 6.07) is 9.15. The first kappa shape index (κ1) is 20.2. The van der Waals surface area contributed by atoms with Crippen LogP contribution in [0.3, 0.4) is 0 Å². The molecule has 0 spiro atoms. The van der Waals surface area contributed by atoms with Gasteiger partial charge < -0.3 is 24.3 Å². The van der Waals surface area contributed by atoms with Crippen LogP contribution < -0.4 is 19.5 Å². The molecule has 0 unspecified atom stereocenters. The van der Waals surface area contributed by atoms with Crippen molar-refractivity contribution in [3.63, 3.8) is 0 Å². The summed E-state index contributed by atoms with van der Waals surface area (Å²) in [4.78, 5) is 23.6. The Morgan fingerprint density at radius 1 is 1.17 bits per heavy atom. The summed E-state index contributed by atoms with van der Waals surface area (Å²) in [6.07, 6.45) is 2.73. The predicted octanol–water partition coefficient (Wildman–Crippen LogP) is 2.48. The second-order valence-electron chi connectivity index (χ2n) is 6.09. The Hall–Kier alpha value is -3.55. The molecule has 29 heavy (non-hydrogen) atoms. The number of nitrogens with one attached hydrogen (secondary N) is 1. The van der Waals surface area contributed by atoms with E-state index in [0.29, 0.717) is 36.0 Å². The van der Waals surface area contributed by atoms with E-state index in [0.717, 1.165) is 5.56 Å². The Morgan fingerprint density at radius 2 is 1.93 bits per heavy atom. The second-order valence-corrected chi connectivity index (χ2v) is 6.09. The van der Waals surface area contributed by atoms with Crippen molar-refractivity contribution < 1.29 is 32.9 Å². The van der Waals surface area contributed by atoms with Crippen LogP contribution in [0.5, 0.6) is 17.2 Å². The van der Waals surface area contributed by atoms with Gasteiger partial charge in [-0.2, -0.15) is 0 Å². The van der Waals surface area contributed by atoms with Crippen LogP contribution in [0.25, 0.3) is 6.08 Å². The summed E-state index contributed by atoms with van der Waals surface area (Å²) in [7, 11) is 1.51. The molecule has 2 aromatic carbocycles. The highest BCUT2D eigenvalue weighted by Gasteiger charge is 2.17. The quantitative estimate of drug-likeness (QED) is 0.567. The largest absolute Gasteiger partial charge is 0.493 e. The molecule has 8 heteroatoms. The van der Waals surface area contributed by atoms with Crippen LogP contribution in [0.4, 0.5) is 4.39 Å². The van der Waals surface area contributed by atoms with Gasteiger partial charge in [-0.1, -0.05) is 12.1 Å². The van der Waals surface area contributed by atoms with E-state index >= 15 is 0 Å². The molecule has 0 aromatic heterocycles. The minimum Gasteiger partial charge on any atom is -0.493 e. The highest BCUT2D eigenvalue weighted by molar-refractivity contribution is 5.89. The Bertz CT molecular complexity index is 893. The molecule has 2 aromatic rings. The first-order valence-electron chi connectivity index (χ1n) is 8.89. The zero-order chi connectivity index (χ0) is 20.6. The maximum Gasteiger partial charge on any atom is 0.331 e. The second kappa shape index (κ2) is 9.59. The fourth-order valence-corrected chi connectivity index (χ4v) is 2.59. The number of amides is 1. The molecule has 0 aliphatic carbocycles. The van der Waals surface area contributed by atoms with Gasteiger partial charge >= 0.3 is 5.97 Å². The number of hydrogen-bond donors (Lipinski definition) is 1. The lowest BCUT2D eigenvalue weighted by Gasteiger charge is -2.20. The molecule has 1 aliphatic heterocycles. The molecule has 152 valence electrons. The number of rotatable bonds is 7. The topological polar surface area (TPSA) is 83.1 Å². The van der Waals surface area contributed by atoms with E-state index in [1.807, 2.05) is 0 Å². The first-order valence-corrected chi connectivity index (χ1v) is 8.89. The van der Waals surface area contributed by atoms with Gasteiger partial charge in [-0.15, -0.1) is 0 Å². The highest BCUT2D eigenvalue weighted by atomic mass is 19.1. The molecule has 1 amide bonds. The molecule has 7 nitrogen and oxygen atoms in total. The zero-order valence-electron chi connectivity index (χ0n) is 15.8. The van der Waals surface area contributed by atoms with E-state index in [9.17, 15) is 14.0 Å². The van der Waals surface area contributed by atoms with E-state index in [-0.39, 0.29) is 12.4 Å². The molecule has 0 atom stereocenters. The average Bonchev–Trinajstić information content (AvgIpc) is 2.75. The van der Waals surface area contributed by atoms with Crippen LogP contribution in [-0.4, -0.2) is 38.8 Å². The van der Waals surface area contributed by atoms with Crippen molar-refractivity contribution in [3.05, 3.63) is 59.4 Å². The number of esters is 1. The summed E-state index contributed by atoms with van der Waals surface area (Å²) in [5.41, 5.74) is 1.39. The third-order valence-corrected chi connectivity index (χ3v) is 4.01. The standard InChI is InChI=1S/C21H20FNO6/c1-26-17-10-15(11-18-21(17)28-9-8-27-18)4-7-20(25)29-13-19(24)23-12-14-2-5-16(22)6-3-14/h2-7,10-11H,8-9,12-13H2,1H3,(H,23,24)/b7-4+. The lowest BCUT2D eigenvalue weighted by molar-refractivity contribution is -0.143. The van der Waals surface area contributed by atoms with Crippen molar-refractivity contribution >= 4 is 18.0 Å². The minimum absolute atomic E-state index is 0.212. The lowest BCUT2D eigenvalue weighted by atomic mass is 10.1. The molecule has 0 bridgehead atoms. The normalized spacial score (nSPS) is 12.5. The Kier molecular flexibility index (Phi) is 6.67. The van der Waals surface area contributed by atoms with Gasteiger partial charge in [-0.25, -0.2) is 9.18 Å². The van der Waals surface area contributed by atoms with Crippen LogP contribution >= 0.6 is 0 Å². The molecule has 0 saturated carbocycles. The van der Waals surface area contributed by atoms with Crippen LogP contribution in [0, 0.1) is 5.82 Å². The number of methoxy groups -OCH3 is 1. The predicted molar refractivity (Wildman–Crippen MR) is 102 cm³/mol. The van der Waals surface area contributed by atoms with Crippen LogP contribution in [-0.2, 0) is 20.9 Å². The SMILES string of the molecule is COc1cc(/C=C/C(=O)OCC(=O)NCc2ccc(F)cc2)cc2c1OCCO2. The fraction of sp³-hybridized carbons (Fsp3) is 0.238. The van der Waals surface area contributed by atoms with Gasteiger partial charge in [0.05, 0.1) is 7.11 Å². The van der Waals surface area contributed by atoms with Gasteiger partial charge in [0.2, 0.25) is 5.75 Å². The maximum absolute atomic E-state index is 12.8. The molecule has 1 aliphatic rings. The molecule has 0 saturated heterocycles. The van der Waals surface area contributed by atoms with E-state index in [1.54, 1.807) is 24.3 Å². The highest BCUT2D eigenvalue weighted by Crippen LogP contribution is 2.40. The van der Waals surface area contributed by atoms with E-state index in [4.69, 9.17) is 18.9 Å². The third kappa shape index (κ3) is 5.71. The summed E-state index contributed by atoms with van der Waals surface area (Å²) in [6.45, 7) is 0.658. The summed E-state index contributed by atoms with van der Waals surface area (Å²) in [5.74, 6) is 0.0692. The Morgan fingerprint density at radius 3 is 2.69 bits per heavy atom. The van der Waals surface area contributed by atoms with Crippen LogP contribution in [0.1, 0.15) is 11.1 Å². The van der Waals surface area contributed by atoms with Crippen LogP contribution in [0.2, 0.25) is 0 Å². The number of carbonyl (C=O) groups excluding carboxylic acids is 2. The average molecular weight is 401 g/mol. The molecular weight excluding hydrogens is 381 g/mol. The Balaban J connectivity index is 1.49. The lowest BCUT2D eigenvalue weighted by Crippen LogP contribution is -2.28. The minimum atomic E-state index is -0.671. The molecule has 1 N–H and O–H groups in total. The number of halogens is 1.